The molecule has 6 heteroatoms. The van der Waals surface area contributed by atoms with Gasteiger partial charge in [-0.1, -0.05) is 18.0 Å². The molecular weight excluding hydrogens is 318 g/mol. The number of fused-ring (bicyclic) bond motifs is 1. The molecule has 130 valence electrons. The van der Waals surface area contributed by atoms with Crippen LogP contribution in [0.1, 0.15) is 59.2 Å². The number of hydrogen-bond acceptors (Lipinski definition) is 5. The molecule has 0 radical (unpaired) electrons. The molecule has 1 amide bonds. The zero-order valence-electron chi connectivity index (χ0n) is 14.5. The number of amides is 1. The van der Waals surface area contributed by atoms with Crippen LogP contribution in [0.4, 0.5) is 0 Å². The molecule has 1 fully saturated rings. The first-order chi connectivity index (χ1) is 12.1. The molecule has 1 aliphatic rings. The molecule has 4 rings (SSSR count). The largest absolute Gasteiger partial charge is 0.467 e. The number of aromatic nitrogens is 2. The Morgan fingerprint density at radius 2 is 2.16 bits per heavy atom. The maximum atomic E-state index is 13.5. The Hall–Kier alpha value is -2.63. The minimum atomic E-state index is -0.0336. The maximum Gasteiger partial charge on any atom is 0.258 e. The van der Waals surface area contributed by atoms with E-state index >= 15 is 0 Å². The van der Waals surface area contributed by atoms with E-state index in [0.717, 1.165) is 43.7 Å². The lowest BCUT2D eigenvalue weighted by atomic mass is 10.0. The molecule has 0 aliphatic carbocycles. The van der Waals surface area contributed by atoms with Crippen molar-refractivity contribution in [2.24, 2.45) is 0 Å². The van der Waals surface area contributed by atoms with Gasteiger partial charge in [0, 0.05) is 12.2 Å². The van der Waals surface area contributed by atoms with E-state index in [0.29, 0.717) is 22.4 Å². The van der Waals surface area contributed by atoms with Crippen LogP contribution in [0.5, 0.6) is 0 Å². The van der Waals surface area contributed by atoms with Crippen LogP contribution in [0.3, 0.4) is 0 Å². The van der Waals surface area contributed by atoms with E-state index in [4.69, 9.17) is 8.94 Å². The number of furan rings is 1. The van der Waals surface area contributed by atoms with Gasteiger partial charge in [0.25, 0.3) is 11.6 Å². The van der Waals surface area contributed by atoms with Gasteiger partial charge in [-0.25, -0.2) is 4.98 Å². The lowest BCUT2D eigenvalue weighted by Gasteiger charge is -2.29. The molecule has 1 saturated heterocycles. The second kappa shape index (κ2) is 6.35. The molecular formula is C19H21N3O3. The Morgan fingerprint density at radius 1 is 1.28 bits per heavy atom. The Balaban J connectivity index is 1.79. The number of likely N-dealkylation sites (tertiary alicyclic amines) is 1. The number of pyridine rings is 1. The van der Waals surface area contributed by atoms with Gasteiger partial charge in [-0.15, -0.1) is 0 Å². The number of carbonyl (C=O) groups is 1. The smallest absolute Gasteiger partial charge is 0.258 e. The summed E-state index contributed by atoms with van der Waals surface area (Å²) < 4.78 is 10.9. The third-order valence-electron chi connectivity index (χ3n) is 4.86. The Kier molecular flexibility index (Phi) is 4.03. The highest BCUT2D eigenvalue weighted by atomic mass is 16.5. The van der Waals surface area contributed by atoms with Gasteiger partial charge in [0.15, 0.2) is 0 Å². The van der Waals surface area contributed by atoms with Crippen LogP contribution in [-0.2, 0) is 0 Å². The first-order valence-corrected chi connectivity index (χ1v) is 8.73. The predicted octanol–water partition coefficient (Wildman–Crippen LogP) is 4.19. The van der Waals surface area contributed by atoms with Crippen molar-refractivity contribution in [2.75, 3.05) is 6.54 Å². The summed E-state index contributed by atoms with van der Waals surface area (Å²) in [7, 11) is 0. The average Bonchev–Trinajstić information content (AvgIpc) is 3.18. The third kappa shape index (κ3) is 2.81. The van der Waals surface area contributed by atoms with Gasteiger partial charge in [-0.3, -0.25) is 4.79 Å². The second-order valence-electron chi connectivity index (χ2n) is 6.64. The molecule has 3 aromatic heterocycles. The number of carbonyl (C=O) groups excluding carboxylic acids is 1. The summed E-state index contributed by atoms with van der Waals surface area (Å²) in [5, 5.41) is 4.69. The van der Waals surface area contributed by atoms with Gasteiger partial charge < -0.3 is 13.8 Å². The summed E-state index contributed by atoms with van der Waals surface area (Å²) in [5.41, 5.74) is 2.47. The Labute approximate surface area is 145 Å². The molecule has 3 aromatic rings. The minimum Gasteiger partial charge on any atom is -0.467 e. The topological polar surface area (TPSA) is 72.4 Å². The molecule has 25 heavy (non-hydrogen) atoms. The Morgan fingerprint density at radius 3 is 2.96 bits per heavy atom. The van der Waals surface area contributed by atoms with Crippen LogP contribution < -0.4 is 0 Å². The van der Waals surface area contributed by atoms with E-state index in [2.05, 4.69) is 10.1 Å². The first-order valence-electron chi connectivity index (χ1n) is 8.73. The molecule has 1 aliphatic heterocycles. The van der Waals surface area contributed by atoms with Gasteiger partial charge in [-0.05, 0) is 44.9 Å². The Bertz CT molecular complexity index is 898. The van der Waals surface area contributed by atoms with Gasteiger partial charge in [0.2, 0.25) is 0 Å². The maximum absolute atomic E-state index is 13.5. The van der Waals surface area contributed by atoms with Crippen molar-refractivity contribution in [3.63, 3.8) is 0 Å². The molecule has 0 unspecified atom stereocenters. The monoisotopic (exact) mass is 339 g/mol. The number of aryl methyl sites for hydroxylation is 2. The minimum absolute atomic E-state index is 0.00917. The molecule has 0 bridgehead atoms. The number of hydrogen-bond donors (Lipinski definition) is 0. The lowest BCUT2D eigenvalue weighted by Crippen LogP contribution is -2.35. The SMILES string of the molecule is Cc1cc(C(=O)N2CCCCC[C@@H]2c2ccco2)c2c(C)noc2n1. The standard InChI is InChI=1S/C19H21N3O3/c1-12-11-14(17-13(2)21-25-18(17)20-12)19(23)22-9-5-3-4-7-15(22)16-8-6-10-24-16/h6,8,10-11,15H,3-5,7,9H2,1-2H3/t15-/m1/s1. The summed E-state index contributed by atoms with van der Waals surface area (Å²) in [5.74, 6) is 0.837. The molecule has 0 aromatic carbocycles. The van der Waals surface area contributed by atoms with Gasteiger partial charge >= 0.3 is 0 Å². The summed E-state index contributed by atoms with van der Waals surface area (Å²) in [6.07, 6.45) is 5.79. The van der Waals surface area contributed by atoms with Crippen molar-refractivity contribution in [3.05, 3.63) is 47.2 Å². The van der Waals surface area contributed by atoms with Crippen LogP contribution >= 0.6 is 0 Å². The van der Waals surface area contributed by atoms with Crippen LogP contribution in [0.2, 0.25) is 0 Å². The van der Waals surface area contributed by atoms with Crippen molar-refractivity contribution < 1.29 is 13.7 Å². The molecule has 6 nitrogen and oxygen atoms in total. The highest BCUT2D eigenvalue weighted by Gasteiger charge is 2.31. The summed E-state index contributed by atoms with van der Waals surface area (Å²) in [6, 6.07) is 5.63. The fourth-order valence-electron chi connectivity index (χ4n) is 3.67. The molecule has 0 spiro atoms. The zero-order chi connectivity index (χ0) is 17.4. The van der Waals surface area contributed by atoms with E-state index in [9.17, 15) is 4.79 Å². The van der Waals surface area contributed by atoms with Crippen LogP contribution in [-0.4, -0.2) is 27.5 Å². The molecule has 4 heterocycles. The predicted molar refractivity (Wildman–Crippen MR) is 92.2 cm³/mol. The van der Waals surface area contributed by atoms with Crippen LogP contribution in [0.25, 0.3) is 11.1 Å². The number of rotatable bonds is 2. The van der Waals surface area contributed by atoms with Crippen molar-refractivity contribution in [1.82, 2.24) is 15.0 Å². The van der Waals surface area contributed by atoms with E-state index < -0.39 is 0 Å². The van der Waals surface area contributed by atoms with E-state index in [1.165, 1.54) is 0 Å². The quantitative estimate of drug-likeness (QED) is 0.700. The van der Waals surface area contributed by atoms with E-state index in [1.807, 2.05) is 36.9 Å². The van der Waals surface area contributed by atoms with Gasteiger partial charge in [-0.2, -0.15) is 0 Å². The zero-order valence-corrected chi connectivity index (χ0v) is 14.5. The second-order valence-corrected chi connectivity index (χ2v) is 6.64. The summed E-state index contributed by atoms with van der Waals surface area (Å²) in [4.78, 5) is 19.8. The van der Waals surface area contributed by atoms with Gasteiger partial charge in [0.05, 0.1) is 28.9 Å². The normalized spacial score (nSPS) is 18.5. The van der Waals surface area contributed by atoms with Crippen molar-refractivity contribution in [2.45, 2.75) is 45.6 Å². The van der Waals surface area contributed by atoms with Crippen molar-refractivity contribution in [1.29, 1.82) is 0 Å². The third-order valence-corrected chi connectivity index (χ3v) is 4.86. The molecule has 0 saturated carbocycles. The van der Waals surface area contributed by atoms with Crippen LogP contribution in [0.15, 0.2) is 33.4 Å². The van der Waals surface area contributed by atoms with E-state index in [1.54, 1.807) is 6.26 Å². The fraction of sp³-hybridized carbons (Fsp3) is 0.421. The van der Waals surface area contributed by atoms with Crippen molar-refractivity contribution >= 4 is 17.0 Å². The van der Waals surface area contributed by atoms with Crippen LogP contribution in [0, 0.1) is 13.8 Å². The fourth-order valence-corrected chi connectivity index (χ4v) is 3.67. The molecule has 1 atom stereocenters. The highest BCUT2D eigenvalue weighted by molar-refractivity contribution is 6.06. The number of nitrogens with zero attached hydrogens (tertiary/aromatic N) is 3. The first kappa shape index (κ1) is 15.9. The van der Waals surface area contributed by atoms with Crippen molar-refractivity contribution in [3.8, 4) is 0 Å². The van der Waals surface area contributed by atoms with Gasteiger partial charge in [0.1, 0.15) is 5.76 Å². The summed E-state index contributed by atoms with van der Waals surface area (Å²) >= 11 is 0. The lowest BCUT2D eigenvalue weighted by molar-refractivity contribution is 0.0660. The highest BCUT2D eigenvalue weighted by Crippen LogP contribution is 2.33. The average molecular weight is 339 g/mol. The van der Waals surface area contributed by atoms with E-state index in [-0.39, 0.29) is 11.9 Å². The summed E-state index contributed by atoms with van der Waals surface area (Å²) in [6.45, 7) is 4.42. The molecule has 0 N–H and O–H groups in total.